The highest BCUT2D eigenvalue weighted by Gasteiger charge is 2.45. The molecular weight excluding hydrogens is 304 g/mol. The molecule has 2 N–H and O–H groups in total. The van der Waals surface area contributed by atoms with E-state index in [2.05, 4.69) is 10.9 Å². The molecule has 0 spiro atoms. The van der Waals surface area contributed by atoms with Crippen molar-refractivity contribution in [2.24, 2.45) is 0 Å². The molecule has 1 saturated heterocycles. The molecule has 1 aromatic rings. The summed E-state index contributed by atoms with van der Waals surface area (Å²) in [7, 11) is 1.48. The minimum atomic E-state index is -0.989. The van der Waals surface area contributed by atoms with E-state index in [1.807, 2.05) is 0 Å². The fourth-order valence-electron chi connectivity index (χ4n) is 2.45. The third kappa shape index (κ3) is 3.71. The molecule has 0 aliphatic carbocycles. The molecule has 8 heteroatoms. The van der Waals surface area contributed by atoms with Crippen LogP contribution in [0.3, 0.4) is 0 Å². The SMILES string of the molecule is C#CCCOC1C(O)C(COC)OC1n1cc(C)c(=O)[nH]c1=O. The van der Waals surface area contributed by atoms with Gasteiger partial charge in [-0.3, -0.25) is 14.3 Å². The van der Waals surface area contributed by atoms with Gasteiger partial charge in [0.1, 0.15) is 18.3 Å². The topological polar surface area (TPSA) is 103 Å². The van der Waals surface area contributed by atoms with Crippen LogP contribution in [0.2, 0.25) is 0 Å². The van der Waals surface area contributed by atoms with Gasteiger partial charge < -0.3 is 19.3 Å². The largest absolute Gasteiger partial charge is 0.387 e. The molecule has 2 rings (SSSR count). The van der Waals surface area contributed by atoms with Gasteiger partial charge in [0.05, 0.1) is 13.2 Å². The lowest BCUT2D eigenvalue weighted by atomic mass is 10.1. The van der Waals surface area contributed by atoms with Gasteiger partial charge in [0.2, 0.25) is 0 Å². The van der Waals surface area contributed by atoms with Crippen LogP contribution in [0, 0.1) is 19.3 Å². The summed E-state index contributed by atoms with van der Waals surface area (Å²) in [5.74, 6) is 2.44. The molecule has 23 heavy (non-hydrogen) atoms. The Balaban J connectivity index is 2.33. The third-order valence-corrected chi connectivity index (χ3v) is 3.62. The first-order chi connectivity index (χ1) is 11.0. The van der Waals surface area contributed by atoms with Crippen LogP contribution in [-0.2, 0) is 14.2 Å². The summed E-state index contributed by atoms with van der Waals surface area (Å²) in [4.78, 5) is 25.8. The molecule has 1 aliphatic heterocycles. The minimum Gasteiger partial charge on any atom is -0.387 e. The van der Waals surface area contributed by atoms with Crippen LogP contribution in [0.15, 0.2) is 15.8 Å². The molecular formula is C15H20N2O6. The Hall–Kier alpha value is -1.92. The highest BCUT2D eigenvalue weighted by atomic mass is 16.6. The number of hydrogen-bond acceptors (Lipinski definition) is 6. The summed E-state index contributed by atoms with van der Waals surface area (Å²) >= 11 is 0. The Morgan fingerprint density at radius 2 is 2.26 bits per heavy atom. The maximum atomic E-state index is 12.1. The van der Waals surface area contributed by atoms with Crippen molar-refractivity contribution in [2.75, 3.05) is 20.3 Å². The number of aromatic amines is 1. The second kappa shape index (κ2) is 7.57. The molecule has 0 amide bonds. The fraction of sp³-hybridized carbons (Fsp3) is 0.600. The van der Waals surface area contributed by atoms with Crippen LogP contribution in [0.5, 0.6) is 0 Å². The molecule has 0 aromatic carbocycles. The Morgan fingerprint density at radius 3 is 2.91 bits per heavy atom. The van der Waals surface area contributed by atoms with E-state index in [1.165, 1.54) is 17.9 Å². The second-order valence-corrected chi connectivity index (χ2v) is 5.28. The third-order valence-electron chi connectivity index (χ3n) is 3.62. The number of terminal acetylenes is 1. The van der Waals surface area contributed by atoms with Gasteiger partial charge in [-0.05, 0) is 6.92 Å². The average Bonchev–Trinajstić information content (AvgIpc) is 2.81. The van der Waals surface area contributed by atoms with Gasteiger partial charge in [-0.15, -0.1) is 12.3 Å². The number of aliphatic hydroxyl groups is 1. The fourth-order valence-corrected chi connectivity index (χ4v) is 2.45. The van der Waals surface area contributed by atoms with Gasteiger partial charge in [0.25, 0.3) is 5.56 Å². The van der Waals surface area contributed by atoms with E-state index < -0.39 is 35.8 Å². The smallest absolute Gasteiger partial charge is 0.330 e. The normalized spacial score (nSPS) is 27.0. The summed E-state index contributed by atoms with van der Waals surface area (Å²) in [6, 6.07) is 0. The van der Waals surface area contributed by atoms with E-state index >= 15 is 0 Å². The lowest BCUT2D eigenvalue weighted by Gasteiger charge is -2.22. The zero-order valence-corrected chi connectivity index (χ0v) is 13.0. The van der Waals surface area contributed by atoms with Crippen molar-refractivity contribution in [3.63, 3.8) is 0 Å². The predicted octanol–water partition coefficient (Wildman–Crippen LogP) is -0.842. The lowest BCUT2D eigenvalue weighted by molar-refractivity contribution is -0.0756. The standard InChI is InChI=1S/C15H20N2O6/c1-4-5-6-22-12-11(18)10(8-21-3)23-14(12)17-7-9(2)13(19)16-15(17)20/h1,7,10-12,14,18H,5-6,8H2,2-3H3,(H,16,19,20). The Kier molecular flexibility index (Phi) is 5.74. The highest BCUT2D eigenvalue weighted by Crippen LogP contribution is 2.31. The number of hydrogen-bond donors (Lipinski definition) is 2. The van der Waals surface area contributed by atoms with Crippen molar-refractivity contribution in [3.05, 3.63) is 32.6 Å². The van der Waals surface area contributed by atoms with E-state index in [4.69, 9.17) is 20.6 Å². The number of methoxy groups -OCH3 is 1. The number of nitrogens with zero attached hydrogens (tertiary/aromatic N) is 1. The van der Waals surface area contributed by atoms with Crippen molar-refractivity contribution >= 4 is 0 Å². The molecule has 126 valence electrons. The van der Waals surface area contributed by atoms with Crippen molar-refractivity contribution < 1.29 is 19.3 Å². The molecule has 1 aliphatic rings. The number of aromatic nitrogens is 2. The molecule has 4 atom stereocenters. The first-order valence-electron chi connectivity index (χ1n) is 7.19. The molecule has 2 heterocycles. The van der Waals surface area contributed by atoms with Crippen molar-refractivity contribution in [2.45, 2.75) is 37.9 Å². The summed E-state index contributed by atoms with van der Waals surface area (Å²) < 4.78 is 17.5. The summed E-state index contributed by atoms with van der Waals surface area (Å²) in [5.41, 5.74) is -0.760. The van der Waals surface area contributed by atoms with Crippen LogP contribution in [0.25, 0.3) is 0 Å². The first-order valence-corrected chi connectivity index (χ1v) is 7.19. The van der Waals surface area contributed by atoms with Crippen molar-refractivity contribution in [1.82, 2.24) is 9.55 Å². The Bertz CT molecular complexity index is 688. The number of rotatable bonds is 6. The van der Waals surface area contributed by atoms with Gasteiger partial charge in [-0.25, -0.2) is 4.79 Å². The van der Waals surface area contributed by atoms with Crippen LogP contribution < -0.4 is 11.2 Å². The van der Waals surface area contributed by atoms with Crippen LogP contribution in [-0.4, -0.2) is 53.3 Å². The number of ether oxygens (including phenoxy) is 3. The zero-order chi connectivity index (χ0) is 17.0. The second-order valence-electron chi connectivity index (χ2n) is 5.28. The quantitative estimate of drug-likeness (QED) is 0.522. The minimum absolute atomic E-state index is 0.143. The van der Waals surface area contributed by atoms with Gasteiger partial charge in [-0.1, -0.05) is 0 Å². The summed E-state index contributed by atoms with van der Waals surface area (Å²) in [6.07, 6.45) is 3.61. The number of aryl methyl sites for hydroxylation is 1. The first kappa shape index (κ1) is 17.4. The monoisotopic (exact) mass is 324 g/mol. The van der Waals surface area contributed by atoms with Crippen LogP contribution in [0.1, 0.15) is 18.2 Å². The Morgan fingerprint density at radius 1 is 1.52 bits per heavy atom. The molecule has 1 aromatic heterocycles. The zero-order valence-electron chi connectivity index (χ0n) is 13.0. The van der Waals surface area contributed by atoms with E-state index in [-0.39, 0.29) is 13.2 Å². The van der Waals surface area contributed by atoms with Gasteiger partial charge in [-0.2, -0.15) is 0 Å². The molecule has 0 bridgehead atoms. The van der Waals surface area contributed by atoms with Crippen LogP contribution >= 0.6 is 0 Å². The molecule has 0 saturated carbocycles. The predicted molar refractivity (Wildman–Crippen MR) is 81.0 cm³/mol. The van der Waals surface area contributed by atoms with E-state index in [1.54, 1.807) is 6.92 Å². The van der Waals surface area contributed by atoms with Crippen LogP contribution in [0.4, 0.5) is 0 Å². The lowest BCUT2D eigenvalue weighted by Crippen LogP contribution is -2.40. The maximum Gasteiger partial charge on any atom is 0.330 e. The van der Waals surface area contributed by atoms with Gasteiger partial charge in [0, 0.05) is 25.3 Å². The van der Waals surface area contributed by atoms with Gasteiger partial charge >= 0.3 is 5.69 Å². The summed E-state index contributed by atoms with van der Waals surface area (Å²) in [6.45, 7) is 1.93. The Labute approximate surface area is 133 Å². The number of H-pyrrole nitrogens is 1. The molecule has 1 fully saturated rings. The summed E-state index contributed by atoms with van der Waals surface area (Å²) in [5, 5.41) is 10.4. The highest BCUT2D eigenvalue weighted by molar-refractivity contribution is 5.03. The van der Waals surface area contributed by atoms with Crippen molar-refractivity contribution in [3.8, 4) is 12.3 Å². The molecule has 8 nitrogen and oxygen atoms in total. The molecule has 0 radical (unpaired) electrons. The van der Waals surface area contributed by atoms with E-state index in [0.29, 0.717) is 12.0 Å². The van der Waals surface area contributed by atoms with Crippen molar-refractivity contribution in [1.29, 1.82) is 0 Å². The number of nitrogens with one attached hydrogen (secondary N) is 1. The van der Waals surface area contributed by atoms with Gasteiger partial charge in [0.15, 0.2) is 6.23 Å². The van der Waals surface area contributed by atoms with E-state index in [9.17, 15) is 14.7 Å². The molecule has 4 unspecified atom stereocenters. The van der Waals surface area contributed by atoms with E-state index in [0.717, 1.165) is 0 Å². The number of aliphatic hydroxyl groups excluding tert-OH is 1. The maximum absolute atomic E-state index is 12.1. The average molecular weight is 324 g/mol.